The first-order chi connectivity index (χ1) is 7.69. The largest absolute Gasteiger partial charge is 0.363 e. The van der Waals surface area contributed by atoms with Gasteiger partial charge in [0.25, 0.3) is 0 Å². The lowest BCUT2D eigenvalue weighted by Gasteiger charge is -2.31. The SMILES string of the molecule is CN(C)c1ncccc1C1(CN)CCCC1. The molecule has 1 aromatic rings. The number of hydrogen-bond acceptors (Lipinski definition) is 3. The van der Waals surface area contributed by atoms with Crippen LogP contribution < -0.4 is 10.6 Å². The second-order valence-corrected chi connectivity index (χ2v) is 4.96. The van der Waals surface area contributed by atoms with E-state index in [2.05, 4.69) is 16.0 Å². The van der Waals surface area contributed by atoms with E-state index in [1.807, 2.05) is 26.4 Å². The molecule has 1 fully saturated rings. The van der Waals surface area contributed by atoms with E-state index in [0.29, 0.717) is 0 Å². The quantitative estimate of drug-likeness (QED) is 0.844. The summed E-state index contributed by atoms with van der Waals surface area (Å²) in [5.74, 6) is 1.08. The van der Waals surface area contributed by atoms with E-state index in [1.54, 1.807) is 0 Å². The minimum atomic E-state index is 0.174. The molecular formula is C13H21N3. The van der Waals surface area contributed by atoms with Crippen LogP contribution in [0.15, 0.2) is 18.3 Å². The lowest BCUT2D eigenvalue weighted by Crippen LogP contribution is -2.34. The second-order valence-electron chi connectivity index (χ2n) is 4.96. The minimum absolute atomic E-state index is 0.174. The van der Waals surface area contributed by atoms with Crippen LogP contribution in [0.1, 0.15) is 31.2 Å². The Morgan fingerprint density at radius 3 is 2.62 bits per heavy atom. The number of pyridine rings is 1. The lowest BCUT2D eigenvalue weighted by molar-refractivity contribution is 0.452. The van der Waals surface area contributed by atoms with Gasteiger partial charge in [-0.3, -0.25) is 0 Å². The Kier molecular flexibility index (Phi) is 3.15. The third-order valence-corrected chi connectivity index (χ3v) is 3.73. The van der Waals surface area contributed by atoms with Crippen LogP contribution in [0.4, 0.5) is 5.82 Å². The normalized spacial score (nSPS) is 18.7. The van der Waals surface area contributed by atoms with Gasteiger partial charge in [-0.2, -0.15) is 0 Å². The summed E-state index contributed by atoms with van der Waals surface area (Å²) in [6, 6.07) is 4.22. The van der Waals surface area contributed by atoms with Gasteiger partial charge in [0.05, 0.1) is 0 Å². The van der Waals surface area contributed by atoms with Crippen molar-refractivity contribution in [2.75, 3.05) is 25.5 Å². The van der Waals surface area contributed by atoms with Crippen LogP contribution in [0, 0.1) is 0 Å². The molecule has 3 heteroatoms. The topological polar surface area (TPSA) is 42.2 Å². The van der Waals surface area contributed by atoms with Crippen molar-refractivity contribution in [2.24, 2.45) is 5.73 Å². The molecule has 1 aliphatic rings. The fraction of sp³-hybridized carbons (Fsp3) is 0.615. The molecule has 2 N–H and O–H groups in total. The molecule has 0 radical (unpaired) electrons. The number of nitrogens with two attached hydrogens (primary N) is 1. The summed E-state index contributed by atoms with van der Waals surface area (Å²) in [4.78, 5) is 6.57. The first-order valence-corrected chi connectivity index (χ1v) is 6.02. The predicted molar refractivity (Wildman–Crippen MR) is 67.8 cm³/mol. The molecule has 16 heavy (non-hydrogen) atoms. The highest BCUT2D eigenvalue weighted by atomic mass is 15.1. The van der Waals surface area contributed by atoms with Crippen LogP contribution in [0.25, 0.3) is 0 Å². The molecule has 1 saturated carbocycles. The average molecular weight is 219 g/mol. The van der Waals surface area contributed by atoms with Crippen molar-refractivity contribution in [1.29, 1.82) is 0 Å². The predicted octanol–water partition coefficient (Wildman–Crippen LogP) is 1.92. The van der Waals surface area contributed by atoms with Crippen molar-refractivity contribution in [1.82, 2.24) is 4.98 Å². The molecular weight excluding hydrogens is 198 g/mol. The zero-order chi connectivity index (χ0) is 11.6. The molecule has 1 aliphatic carbocycles. The highest BCUT2D eigenvalue weighted by Crippen LogP contribution is 2.42. The summed E-state index contributed by atoms with van der Waals surface area (Å²) in [6.45, 7) is 0.736. The molecule has 1 aromatic heterocycles. The van der Waals surface area contributed by atoms with Crippen LogP contribution in [0.2, 0.25) is 0 Å². The van der Waals surface area contributed by atoms with Crippen molar-refractivity contribution in [3.63, 3.8) is 0 Å². The summed E-state index contributed by atoms with van der Waals surface area (Å²) in [5.41, 5.74) is 7.53. The number of anilines is 1. The summed E-state index contributed by atoms with van der Waals surface area (Å²) >= 11 is 0. The van der Waals surface area contributed by atoms with Crippen molar-refractivity contribution >= 4 is 5.82 Å². The Hall–Kier alpha value is -1.09. The van der Waals surface area contributed by atoms with Gasteiger partial charge in [0.15, 0.2) is 0 Å². The third kappa shape index (κ3) is 1.80. The highest BCUT2D eigenvalue weighted by Gasteiger charge is 2.36. The lowest BCUT2D eigenvalue weighted by atomic mass is 9.79. The van der Waals surface area contributed by atoms with Gasteiger partial charge < -0.3 is 10.6 Å². The fourth-order valence-electron chi connectivity index (χ4n) is 2.80. The first-order valence-electron chi connectivity index (χ1n) is 6.02. The minimum Gasteiger partial charge on any atom is -0.363 e. The Bertz CT molecular complexity index is 354. The summed E-state index contributed by atoms with van der Waals surface area (Å²) in [6.07, 6.45) is 6.85. The van der Waals surface area contributed by atoms with Gasteiger partial charge in [-0.05, 0) is 18.9 Å². The number of hydrogen-bond donors (Lipinski definition) is 1. The van der Waals surface area contributed by atoms with E-state index < -0.39 is 0 Å². The summed E-state index contributed by atoms with van der Waals surface area (Å²) in [7, 11) is 4.09. The third-order valence-electron chi connectivity index (χ3n) is 3.73. The van der Waals surface area contributed by atoms with E-state index in [4.69, 9.17) is 5.73 Å². The zero-order valence-electron chi connectivity index (χ0n) is 10.2. The van der Waals surface area contributed by atoms with Gasteiger partial charge in [0, 0.05) is 37.8 Å². The molecule has 1 heterocycles. The Morgan fingerprint density at radius 1 is 1.38 bits per heavy atom. The van der Waals surface area contributed by atoms with Crippen LogP contribution in [-0.4, -0.2) is 25.6 Å². The van der Waals surface area contributed by atoms with Crippen molar-refractivity contribution in [3.05, 3.63) is 23.9 Å². The molecule has 0 aromatic carbocycles. The second kappa shape index (κ2) is 4.42. The van der Waals surface area contributed by atoms with Gasteiger partial charge >= 0.3 is 0 Å². The van der Waals surface area contributed by atoms with Crippen molar-refractivity contribution in [2.45, 2.75) is 31.1 Å². The summed E-state index contributed by atoms with van der Waals surface area (Å²) < 4.78 is 0. The van der Waals surface area contributed by atoms with E-state index in [-0.39, 0.29) is 5.41 Å². The molecule has 3 nitrogen and oxygen atoms in total. The first kappa shape index (κ1) is 11.4. The van der Waals surface area contributed by atoms with Crippen LogP contribution in [-0.2, 0) is 5.41 Å². The molecule has 0 unspecified atom stereocenters. The van der Waals surface area contributed by atoms with Gasteiger partial charge in [0.2, 0.25) is 0 Å². The molecule has 0 atom stereocenters. The van der Waals surface area contributed by atoms with Gasteiger partial charge in [0.1, 0.15) is 5.82 Å². The maximum atomic E-state index is 6.02. The van der Waals surface area contributed by atoms with Gasteiger partial charge in [-0.1, -0.05) is 18.9 Å². The summed E-state index contributed by atoms with van der Waals surface area (Å²) in [5, 5.41) is 0. The molecule has 88 valence electrons. The van der Waals surface area contributed by atoms with Gasteiger partial charge in [-0.25, -0.2) is 4.98 Å². The zero-order valence-corrected chi connectivity index (χ0v) is 10.2. The number of aromatic nitrogens is 1. The fourth-order valence-corrected chi connectivity index (χ4v) is 2.80. The maximum Gasteiger partial charge on any atom is 0.131 e. The Morgan fingerprint density at radius 2 is 2.06 bits per heavy atom. The molecule has 0 bridgehead atoms. The Balaban J connectivity index is 2.45. The molecule has 0 amide bonds. The van der Waals surface area contributed by atoms with E-state index >= 15 is 0 Å². The van der Waals surface area contributed by atoms with E-state index in [9.17, 15) is 0 Å². The van der Waals surface area contributed by atoms with Gasteiger partial charge in [-0.15, -0.1) is 0 Å². The molecule has 0 aliphatic heterocycles. The number of rotatable bonds is 3. The molecule has 0 saturated heterocycles. The average Bonchev–Trinajstić information content (AvgIpc) is 2.78. The molecule has 2 rings (SSSR count). The van der Waals surface area contributed by atoms with Crippen LogP contribution in [0.3, 0.4) is 0 Å². The van der Waals surface area contributed by atoms with E-state index in [1.165, 1.54) is 31.2 Å². The standard InChI is InChI=1S/C13H21N3/c1-16(2)12-11(6-5-9-15-12)13(10-14)7-3-4-8-13/h5-6,9H,3-4,7-8,10,14H2,1-2H3. The van der Waals surface area contributed by atoms with Crippen LogP contribution in [0.5, 0.6) is 0 Å². The highest BCUT2D eigenvalue weighted by molar-refractivity contribution is 5.50. The maximum absolute atomic E-state index is 6.02. The van der Waals surface area contributed by atoms with Crippen LogP contribution >= 0.6 is 0 Å². The smallest absolute Gasteiger partial charge is 0.131 e. The van der Waals surface area contributed by atoms with Crippen molar-refractivity contribution < 1.29 is 0 Å². The van der Waals surface area contributed by atoms with Crippen molar-refractivity contribution in [3.8, 4) is 0 Å². The molecule has 0 spiro atoms. The Labute approximate surface area is 97.7 Å². The van der Waals surface area contributed by atoms with E-state index in [0.717, 1.165) is 12.4 Å². The monoisotopic (exact) mass is 219 g/mol. The number of nitrogens with zero attached hydrogens (tertiary/aromatic N) is 2.